The largest absolute Gasteiger partial charge is 2.00 e. The van der Waals surface area contributed by atoms with Gasteiger partial charge in [-0.2, -0.15) is 0 Å². The maximum Gasteiger partial charge on any atom is 2.00 e. The molecule has 0 aromatic heterocycles. The van der Waals surface area contributed by atoms with Crippen molar-refractivity contribution in [2.45, 2.75) is 7.43 Å². The van der Waals surface area contributed by atoms with Crippen molar-refractivity contribution >= 4 is 23.1 Å². The third-order valence-electron chi connectivity index (χ3n) is 0. The number of halogens is 2. The molecule has 0 unspecified atom stereocenters. The Kier molecular flexibility index (Phi) is 162. The van der Waals surface area contributed by atoms with Crippen LogP contribution in [0, 0.1) is 0 Å². The number of rotatable bonds is 0. The van der Waals surface area contributed by atoms with Gasteiger partial charge in [0, 0.05) is 0 Å². The average molecular weight is 294 g/mol. The van der Waals surface area contributed by atoms with Crippen molar-refractivity contribution in [2.75, 3.05) is 0 Å². The van der Waals surface area contributed by atoms with Gasteiger partial charge in [-0.15, -0.1) is 0 Å². The maximum atomic E-state index is 0. The third-order valence-corrected chi connectivity index (χ3v) is 0. The minimum Gasteiger partial charge on any atom is -1.00 e. The molecule has 0 saturated heterocycles. The summed E-state index contributed by atoms with van der Waals surface area (Å²) in [6.07, 6.45) is 0. The Morgan fingerprint density at radius 1 is 0.750 bits per heavy atom. The molecule has 3 heteroatoms. The molecule has 0 saturated carbocycles. The van der Waals surface area contributed by atoms with E-state index in [0.29, 0.717) is 0 Å². The van der Waals surface area contributed by atoms with E-state index in [2.05, 4.69) is 0 Å². The molecule has 0 aromatic carbocycles. The van der Waals surface area contributed by atoms with E-state index >= 15 is 0 Å². The van der Waals surface area contributed by atoms with Gasteiger partial charge in [0.25, 0.3) is 0 Å². The van der Waals surface area contributed by atoms with E-state index in [9.17, 15) is 0 Å². The molecule has 4 heavy (non-hydrogen) atoms. The first-order valence-electron chi connectivity index (χ1n) is 0. The molecule has 0 N–H and O–H groups in total. The van der Waals surface area contributed by atoms with Crippen LogP contribution < -0.4 is 48.0 Å². The van der Waals surface area contributed by atoms with Crippen molar-refractivity contribution in [1.82, 2.24) is 0 Å². The van der Waals surface area contributed by atoms with Gasteiger partial charge in [-0.05, 0) is 0 Å². The minimum atomic E-state index is 0. The van der Waals surface area contributed by atoms with Crippen LogP contribution in [0.3, 0.4) is 0 Å². The Labute approximate surface area is 77.3 Å². The van der Waals surface area contributed by atoms with Crippen LogP contribution in [0.1, 0.15) is 7.43 Å². The summed E-state index contributed by atoms with van der Waals surface area (Å²) < 4.78 is 0. The zero-order valence-electron chi connectivity index (χ0n) is 1.46. The van der Waals surface area contributed by atoms with Crippen molar-refractivity contribution in [3.63, 3.8) is 0 Å². The van der Waals surface area contributed by atoms with Crippen molar-refractivity contribution in [1.29, 1.82) is 0 Å². The summed E-state index contributed by atoms with van der Waals surface area (Å²) in [5.74, 6) is 0. The van der Waals surface area contributed by atoms with E-state index < -0.39 is 0 Å². The first-order valence-corrected chi connectivity index (χ1v) is 0. The van der Waals surface area contributed by atoms with Gasteiger partial charge < -0.3 is 48.0 Å². The second-order valence-corrected chi connectivity index (χ2v) is 0. The topological polar surface area (TPSA) is 0 Å². The summed E-state index contributed by atoms with van der Waals surface area (Å²) in [4.78, 5) is 0. The van der Waals surface area contributed by atoms with Gasteiger partial charge in [0.05, 0.1) is 0 Å². The van der Waals surface area contributed by atoms with E-state index in [0.717, 1.165) is 0 Å². The second kappa shape index (κ2) is 18.8. The molecule has 0 heterocycles. The molecule has 0 nitrogen and oxygen atoms in total. The van der Waals surface area contributed by atoms with Crippen molar-refractivity contribution in [3.8, 4) is 0 Å². The number of hydrogen-bond donors (Lipinski definition) is 0. The van der Waals surface area contributed by atoms with Gasteiger partial charge in [-0.25, -0.2) is 0 Å². The van der Waals surface area contributed by atoms with Crippen LogP contribution in [0.4, 0.5) is 0 Å². The van der Waals surface area contributed by atoms with Crippen molar-refractivity contribution < 1.29 is 48.0 Å². The zero-order valence-corrected chi connectivity index (χ0v) is 7.19. The minimum absolute atomic E-state index is 0. The van der Waals surface area contributed by atoms with E-state index in [4.69, 9.17) is 0 Å². The molecule has 0 spiro atoms. The van der Waals surface area contributed by atoms with Crippen LogP contribution >= 0.6 is 0 Å². The maximum absolute atomic E-state index is 0. The van der Waals surface area contributed by atoms with Gasteiger partial charge in [-0.1, -0.05) is 7.43 Å². The Morgan fingerprint density at radius 3 is 0.750 bits per heavy atom. The van der Waals surface area contributed by atoms with Gasteiger partial charge in [0.1, 0.15) is 0 Å². The monoisotopic (exact) mass is 294 g/mol. The standard InChI is InChI=1S/CH4.2HI.Mg/h1H4;2*1H;/q;;;+2/p-2. The number of hydrogen-bond acceptors (Lipinski definition) is 0. The molecule has 0 rings (SSSR count). The summed E-state index contributed by atoms with van der Waals surface area (Å²) in [5, 5.41) is 0. The summed E-state index contributed by atoms with van der Waals surface area (Å²) in [5.41, 5.74) is 0. The SMILES string of the molecule is C.[I-].[I-].[Mg+2]. The fourth-order valence-electron chi connectivity index (χ4n) is 0. The molecule has 24 valence electrons. The molecular weight excluding hydrogens is 290 g/mol. The van der Waals surface area contributed by atoms with Crippen LogP contribution in [0.15, 0.2) is 0 Å². The molecule has 0 aliphatic rings. The fraction of sp³-hybridized carbons (Fsp3) is 1.00. The van der Waals surface area contributed by atoms with E-state index in [1.54, 1.807) is 0 Å². The summed E-state index contributed by atoms with van der Waals surface area (Å²) >= 11 is 0. The molecule has 0 aromatic rings. The van der Waals surface area contributed by atoms with Crippen LogP contribution in [-0.4, -0.2) is 23.1 Å². The molecule has 0 amide bonds. The van der Waals surface area contributed by atoms with Gasteiger partial charge in [-0.3, -0.25) is 0 Å². The Morgan fingerprint density at radius 2 is 0.750 bits per heavy atom. The molecule has 0 atom stereocenters. The summed E-state index contributed by atoms with van der Waals surface area (Å²) in [6, 6.07) is 0. The third kappa shape index (κ3) is 8.88. The fourth-order valence-corrected chi connectivity index (χ4v) is 0. The smallest absolute Gasteiger partial charge is 1.00 e. The van der Waals surface area contributed by atoms with Gasteiger partial charge in [0.15, 0.2) is 0 Å². The predicted octanol–water partition coefficient (Wildman–Crippen LogP) is -5.74. The van der Waals surface area contributed by atoms with Crippen LogP contribution in [0.25, 0.3) is 0 Å². The van der Waals surface area contributed by atoms with Crippen molar-refractivity contribution in [3.05, 3.63) is 0 Å². The van der Waals surface area contributed by atoms with Crippen molar-refractivity contribution in [2.24, 2.45) is 0 Å². The van der Waals surface area contributed by atoms with E-state index in [1.165, 1.54) is 0 Å². The second-order valence-electron chi connectivity index (χ2n) is 0. The average Bonchev–Trinajstić information content (AvgIpc) is 0. The molecule has 0 aliphatic heterocycles. The molecule has 0 aliphatic carbocycles. The van der Waals surface area contributed by atoms with Crippen LogP contribution in [0.2, 0.25) is 0 Å². The molecule has 0 bridgehead atoms. The van der Waals surface area contributed by atoms with E-state index in [1.807, 2.05) is 0 Å². The zero-order chi connectivity index (χ0) is 0. The molecular formula is CH4I2Mg. The molecule has 0 fully saturated rings. The Bertz CT molecular complexity index is 6.00. The molecule has 0 radical (unpaired) electrons. The van der Waals surface area contributed by atoms with E-state index in [-0.39, 0.29) is 78.4 Å². The predicted molar refractivity (Wildman–Crippen MR) is 12.5 cm³/mol. The van der Waals surface area contributed by atoms with Gasteiger partial charge in [0.2, 0.25) is 0 Å². The summed E-state index contributed by atoms with van der Waals surface area (Å²) in [6.45, 7) is 0. The Balaban J connectivity index is 0. The normalized spacial score (nSPS) is 0. The van der Waals surface area contributed by atoms with Crippen LogP contribution in [-0.2, 0) is 0 Å². The summed E-state index contributed by atoms with van der Waals surface area (Å²) in [7, 11) is 0. The van der Waals surface area contributed by atoms with Crippen LogP contribution in [0.5, 0.6) is 0 Å². The first kappa shape index (κ1) is 34.3. The quantitative estimate of drug-likeness (QED) is 0.309. The van der Waals surface area contributed by atoms with Gasteiger partial charge >= 0.3 is 23.1 Å². The first-order chi connectivity index (χ1) is 0. The Hall–Kier alpha value is 2.23.